The number of halogens is 2. The van der Waals surface area contributed by atoms with Gasteiger partial charge in [-0.15, -0.1) is 0 Å². The van der Waals surface area contributed by atoms with Gasteiger partial charge >= 0.3 is 0 Å². The summed E-state index contributed by atoms with van der Waals surface area (Å²) < 4.78 is 0. The van der Waals surface area contributed by atoms with Crippen LogP contribution in [0.4, 0.5) is 5.69 Å². The standard InChI is InChI=1S/C15H8Cl2N2O2/c16-14-2-1-3-15(17)13(14)8-11(9-18)10-4-6-12(7-5-10)19(20)21/h1-8H/b11-8+. The summed E-state index contributed by atoms with van der Waals surface area (Å²) in [5.41, 5.74) is 1.38. The average molecular weight is 319 g/mol. The molecule has 0 radical (unpaired) electrons. The molecule has 0 fully saturated rings. The van der Waals surface area contributed by atoms with Gasteiger partial charge in [-0.05, 0) is 35.9 Å². The van der Waals surface area contributed by atoms with Gasteiger partial charge in [0.05, 0.1) is 16.6 Å². The molecule has 6 heteroatoms. The molecule has 0 unspecified atom stereocenters. The second-order valence-corrected chi connectivity index (χ2v) is 4.92. The van der Waals surface area contributed by atoms with Crippen LogP contribution in [0.5, 0.6) is 0 Å². The first kappa shape index (κ1) is 15.0. The van der Waals surface area contributed by atoms with Crippen LogP contribution in [-0.4, -0.2) is 4.92 Å². The van der Waals surface area contributed by atoms with Crippen LogP contribution in [0.3, 0.4) is 0 Å². The number of nitro benzene ring substituents is 1. The van der Waals surface area contributed by atoms with Crippen molar-refractivity contribution in [1.29, 1.82) is 5.26 Å². The monoisotopic (exact) mass is 318 g/mol. The van der Waals surface area contributed by atoms with Gasteiger partial charge in [0.25, 0.3) is 5.69 Å². The van der Waals surface area contributed by atoms with E-state index < -0.39 is 4.92 Å². The maximum absolute atomic E-state index is 10.6. The molecule has 0 amide bonds. The van der Waals surface area contributed by atoms with Gasteiger partial charge in [-0.3, -0.25) is 10.1 Å². The predicted molar refractivity (Wildman–Crippen MR) is 83.0 cm³/mol. The van der Waals surface area contributed by atoms with Crippen molar-refractivity contribution in [1.82, 2.24) is 0 Å². The third-order valence-electron chi connectivity index (χ3n) is 2.80. The van der Waals surface area contributed by atoms with E-state index in [0.29, 0.717) is 26.7 Å². The van der Waals surface area contributed by atoms with Crippen LogP contribution < -0.4 is 0 Å². The van der Waals surface area contributed by atoms with E-state index in [0.717, 1.165) is 0 Å². The minimum absolute atomic E-state index is 0.0354. The first-order chi connectivity index (χ1) is 10.0. The molecule has 2 aromatic rings. The van der Waals surface area contributed by atoms with E-state index in [-0.39, 0.29) is 5.69 Å². The largest absolute Gasteiger partial charge is 0.269 e. The van der Waals surface area contributed by atoms with E-state index in [2.05, 4.69) is 0 Å². The number of rotatable bonds is 3. The SMILES string of the molecule is N#C/C(=C\c1c(Cl)cccc1Cl)c1ccc([N+](=O)[O-])cc1. The third kappa shape index (κ3) is 3.40. The van der Waals surface area contributed by atoms with Crippen molar-refractivity contribution in [2.24, 2.45) is 0 Å². The smallest absolute Gasteiger partial charge is 0.258 e. The first-order valence-corrected chi connectivity index (χ1v) is 6.59. The van der Waals surface area contributed by atoms with E-state index in [1.54, 1.807) is 24.3 Å². The Morgan fingerprint density at radius 1 is 1.14 bits per heavy atom. The molecular formula is C15H8Cl2N2O2. The fourth-order valence-electron chi connectivity index (χ4n) is 1.74. The third-order valence-corrected chi connectivity index (χ3v) is 3.46. The molecule has 2 aromatic carbocycles. The van der Waals surface area contributed by atoms with E-state index in [9.17, 15) is 15.4 Å². The summed E-state index contributed by atoms with van der Waals surface area (Å²) in [7, 11) is 0. The summed E-state index contributed by atoms with van der Waals surface area (Å²) in [5, 5.41) is 20.7. The van der Waals surface area contributed by atoms with Crippen molar-refractivity contribution >= 4 is 40.5 Å². The van der Waals surface area contributed by atoms with Crippen LogP contribution in [-0.2, 0) is 0 Å². The van der Waals surface area contributed by atoms with Crippen LogP contribution in [0.1, 0.15) is 11.1 Å². The topological polar surface area (TPSA) is 66.9 Å². The molecule has 0 atom stereocenters. The molecule has 2 rings (SSSR count). The number of nitro groups is 1. The highest BCUT2D eigenvalue weighted by Gasteiger charge is 2.09. The molecule has 104 valence electrons. The summed E-state index contributed by atoms with van der Waals surface area (Å²) in [4.78, 5) is 10.1. The van der Waals surface area contributed by atoms with Crippen molar-refractivity contribution in [3.63, 3.8) is 0 Å². The van der Waals surface area contributed by atoms with Crippen LogP contribution in [0, 0.1) is 21.4 Å². The Morgan fingerprint density at radius 2 is 1.71 bits per heavy atom. The van der Waals surface area contributed by atoms with Gasteiger partial charge < -0.3 is 0 Å². The number of hydrogen-bond donors (Lipinski definition) is 0. The molecule has 4 nitrogen and oxygen atoms in total. The van der Waals surface area contributed by atoms with Gasteiger partial charge in [0, 0.05) is 27.7 Å². The van der Waals surface area contributed by atoms with Crippen LogP contribution in [0.15, 0.2) is 42.5 Å². The lowest BCUT2D eigenvalue weighted by Gasteiger charge is -2.03. The minimum atomic E-state index is -0.496. The number of hydrogen-bond acceptors (Lipinski definition) is 3. The zero-order chi connectivity index (χ0) is 15.4. The van der Waals surface area contributed by atoms with E-state index >= 15 is 0 Å². The fraction of sp³-hybridized carbons (Fsp3) is 0. The normalized spacial score (nSPS) is 11.0. The lowest BCUT2D eigenvalue weighted by atomic mass is 10.0. The molecule has 0 saturated heterocycles. The zero-order valence-corrected chi connectivity index (χ0v) is 12.1. The molecule has 0 N–H and O–H groups in total. The van der Waals surface area contributed by atoms with Crippen molar-refractivity contribution in [3.8, 4) is 6.07 Å². The molecule has 0 aliphatic carbocycles. The van der Waals surface area contributed by atoms with E-state index in [1.165, 1.54) is 24.3 Å². The Morgan fingerprint density at radius 3 is 2.19 bits per heavy atom. The number of non-ortho nitro benzene ring substituents is 1. The zero-order valence-electron chi connectivity index (χ0n) is 10.6. The molecule has 0 aliphatic rings. The van der Waals surface area contributed by atoms with Crippen LogP contribution >= 0.6 is 23.2 Å². The summed E-state index contributed by atoms with van der Waals surface area (Å²) in [6, 6.07) is 12.8. The summed E-state index contributed by atoms with van der Waals surface area (Å²) in [6.07, 6.45) is 1.56. The van der Waals surface area contributed by atoms with Crippen molar-refractivity contribution in [2.75, 3.05) is 0 Å². The molecule has 0 aliphatic heterocycles. The Hall–Kier alpha value is -2.35. The Kier molecular flexibility index (Phi) is 4.59. The molecule has 0 bridgehead atoms. The van der Waals surface area contributed by atoms with Crippen molar-refractivity contribution in [3.05, 3.63) is 73.8 Å². The molecule has 0 heterocycles. The minimum Gasteiger partial charge on any atom is -0.258 e. The van der Waals surface area contributed by atoms with Crippen LogP contribution in [0.2, 0.25) is 10.0 Å². The number of benzene rings is 2. The van der Waals surface area contributed by atoms with Gasteiger partial charge in [-0.1, -0.05) is 29.3 Å². The quantitative estimate of drug-likeness (QED) is 0.347. The average Bonchev–Trinajstić information content (AvgIpc) is 2.47. The first-order valence-electron chi connectivity index (χ1n) is 5.83. The molecular weight excluding hydrogens is 311 g/mol. The summed E-state index contributed by atoms with van der Waals surface area (Å²) >= 11 is 12.1. The Balaban J connectivity index is 2.47. The second kappa shape index (κ2) is 6.40. The lowest BCUT2D eigenvalue weighted by Crippen LogP contribution is -1.89. The van der Waals surface area contributed by atoms with Gasteiger partial charge in [0.15, 0.2) is 0 Å². The molecule has 0 saturated carbocycles. The van der Waals surface area contributed by atoms with Gasteiger partial charge in [-0.25, -0.2) is 0 Å². The van der Waals surface area contributed by atoms with Crippen LogP contribution in [0.25, 0.3) is 11.6 Å². The van der Waals surface area contributed by atoms with Crippen molar-refractivity contribution in [2.45, 2.75) is 0 Å². The number of nitriles is 1. The maximum atomic E-state index is 10.6. The summed E-state index contributed by atoms with van der Waals surface area (Å²) in [6.45, 7) is 0. The highest BCUT2D eigenvalue weighted by atomic mass is 35.5. The van der Waals surface area contributed by atoms with Gasteiger partial charge in [0.2, 0.25) is 0 Å². The Bertz CT molecular complexity index is 742. The highest BCUT2D eigenvalue weighted by molar-refractivity contribution is 6.37. The number of nitrogens with zero attached hydrogens (tertiary/aromatic N) is 2. The van der Waals surface area contributed by atoms with E-state index in [1.807, 2.05) is 6.07 Å². The van der Waals surface area contributed by atoms with Gasteiger partial charge in [0.1, 0.15) is 0 Å². The van der Waals surface area contributed by atoms with Crippen molar-refractivity contribution < 1.29 is 4.92 Å². The second-order valence-electron chi connectivity index (χ2n) is 4.11. The molecule has 0 spiro atoms. The lowest BCUT2D eigenvalue weighted by molar-refractivity contribution is -0.384. The van der Waals surface area contributed by atoms with Gasteiger partial charge in [-0.2, -0.15) is 5.26 Å². The summed E-state index contributed by atoms with van der Waals surface area (Å²) in [5.74, 6) is 0. The van der Waals surface area contributed by atoms with E-state index in [4.69, 9.17) is 23.2 Å². The molecule has 21 heavy (non-hydrogen) atoms. The maximum Gasteiger partial charge on any atom is 0.269 e. The predicted octanol–water partition coefficient (Wildman–Crippen LogP) is 4.97. The highest BCUT2D eigenvalue weighted by Crippen LogP contribution is 2.29. The fourth-order valence-corrected chi connectivity index (χ4v) is 2.24. The number of allylic oxidation sites excluding steroid dienone is 1. The Labute approximate surface area is 131 Å². The molecule has 0 aromatic heterocycles.